The van der Waals surface area contributed by atoms with E-state index in [1.807, 2.05) is 0 Å². The topological polar surface area (TPSA) is 56.5 Å². The molecular weight excluding hydrogens is 325 g/mol. The third-order valence-electron chi connectivity index (χ3n) is 3.69. The molecule has 0 radical (unpaired) electrons. The van der Waals surface area contributed by atoms with Crippen LogP contribution in [0.5, 0.6) is 11.6 Å². The van der Waals surface area contributed by atoms with E-state index in [2.05, 4.69) is 10.5 Å². The lowest BCUT2D eigenvalue weighted by atomic mass is 10.2. The second-order valence-electron chi connectivity index (χ2n) is 5.55. The maximum Gasteiger partial charge on any atom is 0.416 e. The van der Waals surface area contributed by atoms with Crippen LogP contribution in [0.1, 0.15) is 24.2 Å². The number of halogens is 3. The molecule has 1 fully saturated rings. The molecule has 0 saturated carbocycles. The normalized spacial score (nSPS) is 17.9. The van der Waals surface area contributed by atoms with Crippen molar-refractivity contribution in [2.45, 2.75) is 31.7 Å². The van der Waals surface area contributed by atoms with Gasteiger partial charge in [0.2, 0.25) is 0 Å². The molecule has 1 aromatic heterocycles. The Hall–Kier alpha value is -2.22. The third-order valence-corrected chi connectivity index (χ3v) is 3.69. The summed E-state index contributed by atoms with van der Waals surface area (Å²) in [6.45, 7) is 1.58. The molecule has 1 aliphatic rings. The molecule has 3 rings (SSSR count). The molecule has 2 heterocycles. The van der Waals surface area contributed by atoms with Crippen molar-refractivity contribution in [3.05, 3.63) is 41.7 Å². The van der Waals surface area contributed by atoms with Crippen LogP contribution in [0.4, 0.5) is 13.2 Å². The van der Waals surface area contributed by atoms with Crippen LogP contribution in [-0.4, -0.2) is 24.4 Å². The van der Waals surface area contributed by atoms with Gasteiger partial charge in [-0.2, -0.15) is 13.2 Å². The minimum atomic E-state index is -4.36. The number of alkyl halides is 3. The van der Waals surface area contributed by atoms with Crippen molar-refractivity contribution >= 4 is 0 Å². The molecule has 1 atom stereocenters. The molecule has 5 nitrogen and oxygen atoms in total. The van der Waals surface area contributed by atoms with Gasteiger partial charge in [-0.1, -0.05) is 0 Å². The molecule has 1 aromatic carbocycles. The van der Waals surface area contributed by atoms with E-state index in [1.54, 1.807) is 6.07 Å². The second kappa shape index (κ2) is 7.12. The molecule has 8 heteroatoms. The van der Waals surface area contributed by atoms with E-state index in [0.29, 0.717) is 30.0 Å². The standard InChI is InChI=1S/C16H17F3N2O3/c17-16(18,19)11-3-5-13(6-4-11)22-10-14-8-15(21-24-14)23-9-12-2-1-7-20-12/h3-6,8,12,20H,1-2,7,9-10H2/t12-/m0/s1. The van der Waals surface area contributed by atoms with Gasteiger partial charge in [-0.15, -0.1) is 0 Å². The predicted molar refractivity (Wildman–Crippen MR) is 78.8 cm³/mol. The molecule has 0 unspecified atom stereocenters. The highest BCUT2D eigenvalue weighted by Crippen LogP contribution is 2.30. The minimum absolute atomic E-state index is 0.0589. The number of rotatable bonds is 6. The summed E-state index contributed by atoms with van der Waals surface area (Å²) in [5.74, 6) is 1.12. The van der Waals surface area contributed by atoms with Gasteiger partial charge in [0.05, 0.1) is 5.56 Å². The summed E-state index contributed by atoms with van der Waals surface area (Å²) in [5, 5.41) is 7.09. The predicted octanol–water partition coefficient (Wildman–Crippen LogP) is 3.40. The fraction of sp³-hybridized carbons (Fsp3) is 0.438. The zero-order chi connectivity index (χ0) is 17.0. The molecule has 130 valence electrons. The zero-order valence-corrected chi connectivity index (χ0v) is 12.8. The third kappa shape index (κ3) is 4.41. The van der Waals surface area contributed by atoms with E-state index in [4.69, 9.17) is 14.0 Å². The molecule has 1 aliphatic heterocycles. The van der Waals surface area contributed by atoms with Crippen LogP contribution in [0.25, 0.3) is 0 Å². The van der Waals surface area contributed by atoms with Crippen LogP contribution in [0, 0.1) is 0 Å². The molecule has 0 spiro atoms. The van der Waals surface area contributed by atoms with Crippen molar-refractivity contribution in [1.82, 2.24) is 10.5 Å². The Bertz CT molecular complexity index is 649. The zero-order valence-electron chi connectivity index (χ0n) is 12.8. The largest absolute Gasteiger partial charge is 0.486 e. The number of nitrogens with one attached hydrogen (secondary N) is 1. The first-order valence-electron chi connectivity index (χ1n) is 7.62. The van der Waals surface area contributed by atoms with Gasteiger partial charge in [0, 0.05) is 12.1 Å². The molecule has 24 heavy (non-hydrogen) atoms. The number of benzene rings is 1. The Labute approximate surface area is 136 Å². The number of nitrogens with zero attached hydrogens (tertiary/aromatic N) is 1. The summed E-state index contributed by atoms with van der Waals surface area (Å²) in [5.41, 5.74) is -0.717. The van der Waals surface area contributed by atoms with E-state index in [1.165, 1.54) is 12.1 Å². The van der Waals surface area contributed by atoms with Crippen molar-refractivity contribution in [3.63, 3.8) is 0 Å². The van der Waals surface area contributed by atoms with Gasteiger partial charge in [-0.05, 0) is 48.8 Å². The first kappa shape index (κ1) is 16.6. The van der Waals surface area contributed by atoms with E-state index >= 15 is 0 Å². The Kier molecular flexibility index (Phi) is 4.94. The van der Waals surface area contributed by atoms with Crippen LogP contribution >= 0.6 is 0 Å². The molecule has 0 bridgehead atoms. The maximum absolute atomic E-state index is 12.5. The number of hydrogen-bond donors (Lipinski definition) is 1. The fourth-order valence-corrected chi connectivity index (χ4v) is 2.41. The molecular formula is C16H17F3N2O3. The Morgan fingerprint density at radius 1 is 1.21 bits per heavy atom. The number of aromatic nitrogens is 1. The number of ether oxygens (including phenoxy) is 2. The Balaban J connectivity index is 1.48. The Morgan fingerprint density at radius 3 is 2.67 bits per heavy atom. The summed E-state index contributed by atoms with van der Waals surface area (Å²) in [7, 11) is 0. The quantitative estimate of drug-likeness (QED) is 0.872. The lowest BCUT2D eigenvalue weighted by Crippen LogP contribution is -2.28. The van der Waals surface area contributed by atoms with Gasteiger partial charge >= 0.3 is 6.18 Å². The van der Waals surface area contributed by atoms with E-state index < -0.39 is 11.7 Å². The Morgan fingerprint density at radius 2 is 2.00 bits per heavy atom. The van der Waals surface area contributed by atoms with Crippen molar-refractivity contribution in [2.75, 3.05) is 13.2 Å². The average Bonchev–Trinajstić information content (AvgIpc) is 3.22. The van der Waals surface area contributed by atoms with E-state index in [-0.39, 0.29) is 6.61 Å². The molecule has 1 N–H and O–H groups in total. The summed E-state index contributed by atoms with van der Waals surface area (Å²) >= 11 is 0. The van der Waals surface area contributed by atoms with Gasteiger partial charge in [0.15, 0.2) is 5.76 Å². The van der Waals surface area contributed by atoms with Gasteiger partial charge in [-0.3, -0.25) is 0 Å². The van der Waals surface area contributed by atoms with Gasteiger partial charge in [0.1, 0.15) is 19.0 Å². The fourth-order valence-electron chi connectivity index (χ4n) is 2.41. The van der Waals surface area contributed by atoms with E-state index in [0.717, 1.165) is 31.5 Å². The summed E-state index contributed by atoms with van der Waals surface area (Å²) in [6, 6.07) is 6.41. The van der Waals surface area contributed by atoms with Gasteiger partial charge in [-0.25, -0.2) is 0 Å². The summed E-state index contributed by atoms with van der Waals surface area (Å²) in [4.78, 5) is 0. The molecule has 0 aliphatic carbocycles. The highest BCUT2D eigenvalue weighted by molar-refractivity contribution is 5.29. The van der Waals surface area contributed by atoms with Crippen LogP contribution in [-0.2, 0) is 12.8 Å². The highest BCUT2D eigenvalue weighted by atomic mass is 19.4. The molecule has 2 aromatic rings. The lowest BCUT2D eigenvalue weighted by Gasteiger charge is -2.09. The molecule has 0 amide bonds. The lowest BCUT2D eigenvalue weighted by molar-refractivity contribution is -0.137. The van der Waals surface area contributed by atoms with Crippen molar-refractivity contribution < 1.29 is 27.2 Å². The van der Waals surface area contributed by atoms with Crippen LogP contribution in [0.3, 0.4) is 0 Å². The smallest absolute Gasteiger partial charge is 0.416 e. The summed E-state index contributed by atoms with van der Waals surface area (Å²) < 4.78 is 53.4. The van der Waals surface area contributed by atoms with Crippen molar-refractivity contribution in [2.24, 2.45) is 0 Å². The first-order valence-corrected chi connectivity index (χ1v) is 7.62. The van der Waals surface area contributed by atoms with Crippen LogP contribution < -0.4 is 14.8 Å². The SMILES string of the molecule is FC(F)(F)c1ccc(OCc2cc(OC[C@@H]3CCCN3)no2)cc1. The average molecular weight is 342 g/mol. The van der Waals surface area contributed by atoms with Crippen molar-refractivity contribution in [1.29, 1.82) is 0 Å². The molecule has 1 saturated heterocycles. The summed E-state index contributed by atoms with van der Waals surface area (Å²) in [6.07, 6.45) is -2.15. The van der Waals surface area contributed by atoms with Crippen LogP contribution in [0.2, 0.25) is 0 Å². The monoisotopic (exact) mass is 342 g/mol. The maximum atomic E-state index is 12.5. The highest BCUT2D eigenvalue weighted by Gasteiger charge is 2.30. The minimum Gasteiger partial charge on any atom is -0.486 e. The first-order chi connectivity index (χ1) is 11.5. The van der Waals surface area contributed by atoms with Crippen LogP contribution in [0.15, 0.2) is 34.9 Å². The number of hydrogen-bond acceptors (Lipinski definition) is 5. The van der Waals surface area contributed by atoms with E-state index in [9.17, 15) is 13.2 Å². The second-order valence-corrected chi connectivity index (χ2v) is 5.55. The van der Waals surface area contributed by atoms with Gasteiger partial charge < -0.3 is 19.3 Å². The van der Waals surface area contributed by atoms with Crippen molar-refractivity contribution in [3.8, 4) is 11.6 Å². The van der Waals surface area contributed by atoms with Gasteiger partial charge in [0.25, 0.3) is 5.88 Å².